The van der Waals surface area contributed by atoms with Crippen LogP contribution in [-0.4, -0.2) is 16.5 Å². The second kappa shape index (κ2) is 5.43. The molecular formula is C22H34O2. The van der Waals surface area contributed by atoms with E-state index in [2.05, 4.69) is 20.4 Å². The van der Waals surface area contributed by atoms with Crippen LogP contribution in [0.25, 0.3) is 0 Å². The molecule has 0 aromatic rings. The number of carbonyl (C=O) groups is 1. The van der Waals surface area contributed by atoms with Gasteiger partial charge >= 0.3 is 0 Å². The molecule has 134 valence electrons. The predicted molar refractivity (Wildman–Crippen MR) is 96.4 cm³/mol. The molecular weight excluding hydrogens is 296 g/mol. The Hall–Kier alpha value is -0.630. The lowest BCUT2D eigenvalue weighted by atomic mass is 9.48. The van der Waals surface area contributed by atoms with Crippen LogP contribution in [0.5, 0.6) is 0 Å². The van der Waals surface area contributed by atoms with E-state index in [9.17, 15) is 9.90 Å². The molecule has 0 spiro atoms. The van der Waals surface area contributed by atoms with Crippen molar-refractivity contribution in [1.82, 2.24) is 0 Å². The minimum Gasteiger partial charge on any atom is -0.390 e. The summed E-state index contributed by atoms with van der Waals surface area (Å²) in [5.41, 5.74) is 1.11. The highest BCUT2D eigenvalue weighted by atomic mass is 16.3. The molecule has 24 heavy (non-hydrogen) atoms. The van der Waals surface area contributed by atoms with Gasteiger partial charge in [0.25, 0.3) is 0 Å². The van der Waals surface area contributed by atoms with Crippen LogP contribution in [0, 0.1) is 40.9 Å². The molecule has 8 atom stereocenters. The van der Waals surface area contributed by atoms with Crippen LogP contribution in [0.2, 0.25) is 0 Å². The highest BCUT2D eigenvalue weighted by Crippen LogP contribution is 2.65. The third-order valence-electron chi connectivity index (χ3n) is 8.68. The Morgan fingerprint density at radius 2 is 1.79 bits per heavy atom. The molecule has 4 aliphatic carbocycles. The quantitative estimate of drug-likeness (QED) is 0.704. The van der Waals surface area contributed by atoms with Gasteiger partial charge in [-0.25, -0.2) is 0 Å². The summed E-state index contributed by atoms with van der Waals surface area (Å²) >= 11 is 0. The summed E-state index contributed by atoms with van der Waals surface area (Å²) in [7, 11) is 0. The van der Waals surface area contributed by atoms with Crippen LogP contribution >= 0.6 is 0 Å². The lowest BCUT2D eigenvalue weighted by Crippen LogP contribution is -2.53. The average Bonchev–Trinajstić information content (AvgIpc) is 2.85. The average molecular weight is 331 g/mol. The largest absolute Gasteiger partial charge is 0.390 e. The molecule has 0 amide bonds. The van der Waals surface area contributed by atoms with Gasteiger partial charge in [-0.2, -0.15) is 0 Å². The second-order valence-corrected chi connectivity index (χ2v) is 10.1. The molecule has 1 N–H and O–H groups in total. The summed E-state index contributed by atoms with van der Waals surface area (Å²) in [4.78, 5) is 13.0. The highest BCUT2D eigenvalue weighted by molar-refractivity contribution is 5.83. The summed E-state index contributed by atoms with van der Waals surface area (Å²) in [5.74, 6) is 3.84. The molecule has 4 saturated carbocycles. The predicted octanol–water partition coefficient (Wildman–Crippen LogP) is 4.76. The van der Waals surface area contributed by atoms with Crippen LogP contribution in [0.4, 0.5) is 0 Å². The van der Waals surface area contributed by atoms with Crippen molar-refractivity contribution in [3.63, 3.8) is 0 Å². The standard InChI is InChI=1S/C22H34O2/c1-13(2)18-5-6-19-16-11-20(23)17-12-21(3,24)9-7-15(17)14(16)8-10-22(18,19)4/h14-19,24H,1,5-12H2,2-4H3/t14-,15-,16-,17-,18-,19+,21-,22-/m1/s1. The molecule has 0 unspecified atom stereocenters. The number of hydrogen-bond acceptors (Lipinski definition) is 2. The van der Waals surface area contributed by atoms with Gasteiger partial charge < -0.3 is 5.11 Å². The molecule has 0 radical (unpaired) electrons. The summed E-state index contributed by atoms with van der Waals surface area (Å²) in [6, 6.07) is 0. The maximum absolute atomic E-state index is 13.0. The molecule has 0 aromatic heterocycles. The number of hydrogen-bond donors (Lipinski definition) is 1. The van der Waals surface area contributed by atoms with Gasteiger partial charge in [0.1, 0.15) is 5.78 Å². The molecule has 4 rings (SSSR count). The first-order valence-corrected chi connectivity index (χ1v) is 10.1. The van der Waals surface area contributed by atoms with E-state index in [0.717, 1.165) is 25.2 Å². The number of ketones is 1. The van der Waals surface area contributed by atoms with Crippen LogP contribution < -0.4 is 0 Å². The van der Waals surface area contributed by atoms with E-state index < -0.39 is 5.60 Å². The van der Waals surface area contributed by atoms with E-state index in [4.69, 9.17) is 0 Å². The van der Waals surface area contributed by atoms with E-state index in [1.165, 1.54) is 31.3 Å². The van der Waals surface area contributed by atoms with Gasteiger partial charge in [-0.15, -0.1) is 0 Å². The SMILES string of the molecule is C=C(C)[C@H]1CC[C@H]2[C@@H]3CC(=O)[C@@H]4C[C@](C)(O)CC[C@@H]4[C@H]3CC[C@]12C. The molecule has 2 heteroatoms. The summed E-state index contributed by atoms with van der Waals surface area (Å²) in [6.45, 7) is 10.9. The fraction of sp³-hybridized carbons (Fsp3) is 0.864. The molecule has 0 saturated heterocycles. The minimum absolute atomic E-state index is 0.137. The zero-order valence-electron chi connectivity index (χ0n) is 15.7. The van der Waals surface area contributed by atoms with E-state index in [1.807, 2.05) is 6.92 Å². The lowest BCUT2D eigenvalue weighted by Gasteiger charge is -2.56. The van der Waals surface area contributed by atoms with Gasteiger partial charge in [0.15, 0.2) is 0 Å². The van der Waals surface area contributed by atoms with E-state index in [-0.39, 0.29) is 5.92 Å². The van der Waals surface area contributed by atoms with Crippen molar-refractivity contribution in [2.45, 2.75) is 77.7 Å². The van der Waals surface area contributed by atoms with Crippen molar-refractivity contribution >= 4 is 5.78 Å². The molecule has 0 heterocycles. The first kappa shape index (κ1) is 16.8. The van der Waals surface area contributed by atoms with Gasteiger partial charge in [0.2, 0.25) is 0 Å². The number of Topliss-reactive ketones (excluding diaryl/α,β-unsaturated/α-hetero) is 1. The van der Waals surface area contributed by atoms with Crippen LogP contribution in [0.15, 0.2) is 12.2 Å². The Balaban J connectivity index is 1.61. The zero-order valence-corrected chi connectivity index (χ0v) is 15.7. The maximum atomic E-state index is 13.0. The minimum atomic E-state index is -0.620. The van der Waals surface area contributed by atoms with Crippen molar-refractivity contribution in [3.8, 4) is 0 Å². The first-order valence-electron chi connectivity index (χ1n) is 10.1. The van der Waals surface area contributed by atoms with Crippen molar-refractivity contribution in [1.29, 1.82) is 0 Å². The van der Waals surface area contributed by atoms with Gasteiger partial charge in [0, 0.05) is 12.3 Å². The third-order valence-corrected chi connectivity index (χ3v) is 8.68. The summed E-state index contributed by atoms with van der Waals surface area (Å²) in [5, 5.41) is 10.5. The Labute approximate surface area is 147 Å². The zero-order chi connectivity index (χ0) is 17.3. The molecule has 0 bridgehead atoms. The number of rotatable bonds is 1. The Morgan fingerprint density at radius 1 is 1.08 bits per heavy atom. The summed E-state index contributed by atoms with van der Waals surface area (Å²) < 4.78 is 0. The smallest absolute Gasteiger partial charge is 0.136 e. The van der Waals surface area contributed by atoms with E-state index in [1.54, 1.807) is 0 Å². The van der Waals surface area contributed by atoms with Crippen molar-refractivity contribution < 1.29 is 9.90 Å². The van der Waals surface area contributed by atoms with Gasteiger partial charge in [-0.3, -0.25) is 4.79 Å². The fourth-order valence-corrected chi connectivity index (χ4v) is 7.61. The Bertz CT molecular complexity index is 562. The molecule has 0 aliphatic heterocycles. The van der Waals surface area contributed by atoms with Crippen LogP contribution in [0.3, 0.4) is 0 Å². The van der Waals surface area contributed by atoms with E-state index in [0.29, 0.717) is 41.3 Å². The third kappa shape index (κ3) is 2.35. The molecule has 4 aliphatic rings. The monoisotopic (exact) mass is 330 g/mol. The number of fused-ring (bicyclic) bond motifs is 5. The first-order chi connectivity index (χ1) is 11.2. The van der Waals surface area contributed by atoms with Crippen molar-refractivity contribution in [3.05, 3.63) is 12.2 Å². The van der Waals surface area contributed by atoms with Gasteiger partial charge in [0.05, 0.1) is 5.60 Å². The van der Waals surface area contributed by atoms with Crippen LogP contribution in [0.1, 0.15) is 72.1 Å². The number of allylic oxidation sites excluding steroid dienone is 1. The maximum Gasteiger partial charge on any atom is 0.136 e. The number of aliphatic hydroxyl groups is 1. The van der Waals surface area contributed by atoms with Crippen LogP contribution in [-0.2, 0) is 4.79 Å². The normalized spacial score (nSPS) is 53.9. The van der Waals surface area contributed by atoms with Crippen molar-refractivity contribution in [2.75, 3.05) is 0 Å². The van der Waals surface area contributed by atoms with Gasteiger partial charge in [-0.05, 0) is 93.8 Å². The fourth-order valence-electron chi connectivity index (χ4n) is 7.61. The topological polar surface area (TPSA) is 37.3 Å². The molecule has 2 nitrogen and oxygen atoms in total. The molecule has 4 fully saturated rings. The second-order valence-electron chi connectivity index (χ2n) is 10.1. The van der Waals surface area contributed by atoms with Gasteiger partial charge in [-0.1, -0.05) is 19.1 Å². The Kier molecular flexibility index (Phi) is 3.81. The van der Waals surface area contributed by atoms with E-state index >= 15 is 0 Å². The lowest BCUT2D eigenvalue weighted by molar-refractivity contribution is -0.148. The highest BCUT2D eigenvalue weighted by Gasteiger charge is 2.59. The summed E-state index contributed by atoms with van der Waals surface area (Å²) in [6.07, 6.45) is 8.58. The Morgan fingerprint density at radius 3 is 2.50 bits per heavy atom. The number of carbonyl (C=O) groups excluding carboxylic acids is 1. The van der Waals surface area contributed by atoms with Crippen molar-refractivity contribution in [2.24, 2.45) is 40.9 Å². The molecule has 0 aromatic carbocycles.